The topological polar surface area (TPSA) is 9.86 Å². The number of hydrogen-bond donors (Lipinski definition) is 0. The predicted octanol–water partition coefficient (Wildman–Crippen LogP) is 12.3. The van der Waals surface area contributed by atoms with E-state index in [1.54, 1.807) is 0 Å². The van der Waals surface area contributed by atoms with Crippen LogP contribution in [0.25, 0.3) is 49.3 Å². The van der Waals surface area contributed by atoms with Crippen molar-refractivity contribution >= 4 is 43.6 Å². The van der Waals surface area contributed by atoms with Crippen molar-refractivity contribution in [3.05, 3.63) is 234 Å². The fraction of sp³-hybridized carbons (Fsp3) is 0.0400. The van der Waals surface area contributed by atoms with E-state index in [0.29, 0.717) is 0 Å². The fourth-order valence-corrected chi connectivity index (χ4v) is 8.66. The SMILES string of the molecule is c1ccc(C(c2ccccc2)(c2ccccc2)c2ccc(Cn3c4ccccc4c4cc(-n5c6ccccc6c6ccccc65)ccc43)cc2)cc1. The second-order valence-electron chi connectivity index (χ2n) is 13.7. The smallest absolute Gasteiger partial charge is 0.0701 e. The molecule has 0 aliphatic heterocycles. The van der Waals surface area contributed by atoms with Crippen LogP contribution in [0.5, 0.6) is 0 Å². The number of fused-ring (bicyclic) bond motifs is 6. The lowest BCUT2D eigenvalue weighted by molar-refractivity contribution is 0.743. The number of para-hydroxylation sites is 3. The van der Waals surface area contributed by atoms with Crippen molar-refractivity contribution < 1.29 is 0 Å². The molecule has 0 saturated carbocycles. The largest absolute Gasteiger partial charge is 0.336 e. The van der Waals surface area contributed by atoms with Crippen molar-refractivity contribution in [2.24, 2.45) is 0 Å². The molecule has 0 radical (unpaired) electrons. The number of aromatic nitrogens is 2. The minimum Gasteiger partial charge on any atom is -0.336 e. The predicted molar refractivity (Wildman–Crippen MR) is 218 cm³/mol. The second kappa shape index (κ2) is 12.3. The van der Waals surface area contributed by atoms with E-state index in [2.05, 4.69) is 215 Å². The Hall–Kier alpha value is -6.64. The first-order chi connectivity index (χ1) is 25.8. The molecule has 0 aliphatic carbocycles. The molecule has 10 aromatic rings. The summed E-state index contributed by atoms with van der Waals surface area (Å²) in [6.45, 7) is 0.772. The van der Waals surface area contributed by atoms with E-state index in [-0.39, 0.29) is 0 Å². The third-order valence-electron chi connectivity index (χ3n) is 10.9. The molecule has 2 nitrogen and oxygen atoms in total. The lowest BCUT2D eigenvalue weighted by Crippen LogP contribution is -2.31. The van der Waals surface area contributed by atoms with Gasteiger partial charge in [-0.25, -0.2) is 0 Å². The first kappa shape index (κ1) is 30.2. The number of nitrogens with zero attached hydrogens (tertiary/aromatic N) is 2. The van der Waals surface area contributed by atoms with Crippen LogP contribution in [0, 0.1) is 0 Å². The molecule has 8 aromatic carbocycles. The molecule has 0 N–H and O–H groups in total. The van der Waals surface area contributed by atoms with Crippen LogP contribution >= 0.6 is 0 Å². The van der Waals surface area contributed by atoms with Crippen LogP contribution in [0.1, 0.15) is 27.8 Å². The summed E-state index contributed by atoms with van der Waals surface area (Å²) < 4.78 is 4.89. The van der Waals surface area contributed by atoms with Crippen molar-refractivity contribution in [2.45, 2.75) is 12.0 Å². The molecule has 2 heterocycles. The van der Waals surface area contributed by atoms with Gasteiger partial charge in [-0.05, 0) is 64.2 Å². The van der Waals surface area contributed by atoms with Gasteiger partial charge in [0.2, 0.25) is 0 Å². The Morgan fingerprint density at radius 1 is 0.327 bits per heavy atom. The molecule has 0 bridgehead atoms. The highest BCUT2D eigenvalue weighted by Gasteiger charge is 2.38. The van der Waals surface area contributed by atoms with Crippen molar-refractivity contribution in [3.8, 4) is 5.69 Å². The Bertz CT molecular complexity index is 2690. The Balaban J connectivity index is 1.10. The van der Waals surface area contributed by atoms with Gasteiger partial charge in [-0.15, -0.1) is 0 Å². The standard InChI is InChI=1S/C50H36N2/c1-4-16-37(17-5-1)50(38-18-6-2-7-19-38,39-20-8-3-9-21-39)40-30-28-36(29-31-40)35-51-46-25-13-10-24-44(46)45-34-41(32-33-47(45)51)52-48-26-14-11-22-42(48)43-23-12-15-27-49(43)52/h1-34H,35H2. The normalized spacial score (nSPS) is 11.9. The minimum absolute atomic E-state index is 0.460. The van der Waals surface area contributed by atoms with Crippen molar-refractivity contribution in [3.63, 3.8) is 0 Å². The molecule has 2 aromatic heterocycles. The molecule has 0 atom stereocenters. The van der Waals surface area contributed by atoms with E-state index in [0.717, 1.165) is 6.54 Å². The van der Waals surface area contributed by atoms with Gasteiger partial charge in [-0.1, -0.05) is 170 Å². The zero-order valence-electron chi connectivity index (χ0n) is 28.7. The lowest BCUT2D eigenvalue weighted by atomic mass is 9.65. The third kappa shape index (κ3) is 4.65. The van der Waals surface area contributed by atoms with E-state index in [1.807, 2.05) is 0 Å². The van der Waals surface area contributed by atoms with Gasteiger partial charge in [0.25, 0.3) is 0 Å². The summed E-state index contributed by atoms with van der Waals surface area (Å²) in [5.41, 5.74) is 11.9. The summed E-state index contributed by atoms with van der Waals surface area (Å²) in [6, 6.07) is 75.4. The third-order valence-corrected chi connectivity index (χ3v) is 10.9. The maximum absolute atomic E-state index is 2.48. The molecule has 10 rings (SSSR count). The summed E-state index contributed by atoms with van der Waals surface area (Å²) in [6.07, 6.45) is 0. The van der Waals surface area contributed by atoms with E-state index >= 15 is 0 Å². The summed E-state index contributed by atoms with van der Waals surface area (Å²) in [4.78, 5) is 0. The molecular weight excluding hydrogens is 629 g/mol. The highest BCUT2D eigenvalue weighted by Crippen LogP contribution is 2.45. The van der Waals surface area contributed by atoms with Gasteiger partial charge in [-0.2, -0.15) is 0 Å². The number of hydrogen-bond acceptors (Lipinski definition) is 0. The number of rotatable bonds is 7. The van der Waals surface area contributed by atoms with Gasteiger partial charge in [0.15, 0.2) is 0 Å². The molecule has 0 unspecified atom stereocenters. The zero-order chi connectivity index (χ0) is 34.5. The van der Waals surface area contributed by atoms with Crippen LogP contribution in [0.15, 0.2) is 206 Å². The molecule has 0 amide bonds. The summed E-state index contributed by atoms with van der Waals surface area (Å²) in [7, 11) is 0. The van der Waals surface area contributed by atoms with Gasteiger partial charge >= 0.3 is 0 Å². The van der Waals surface area contributed by atoms with Crippen LogP contribution in [0.4, 0.5) is 0 Å². The average molecular weight is 665 g/mol. The Morgan fingerprint density at radius 2 is 0.731 bits per heavy atom. The average Bonchev–Trinajstić information content (AvgIpc) is 3.72. The van der Waals surface area contributed by atoms with Crippen molar-refractivity contribution in [1.29, 1.82) is 0 Å². The summed E-state index contributed by atoms with van der Waals surface area (Å²) in [5, 5.41) is 5.09. The molecule has 2 heteroatoms. The van der Waals surface area contributed by atoms with Gasteiger partial charge in [0.05, 0.1) is 16.4 Å². The van der Waals surface area contributed by atoms with Crippen LogP contribution in [0.3, 0.4) is 0 Å². The Kier molecular flexibility index (Phi) is 7.14. The maximum Gasteiger partial charge on any atom is 0.0701 e. The lowest BCUT2D eigenvalue weighted by Gasteiger charge is -2.37. The van der Waals surface area contributed by atoms with Gasteiger partial charge in [-0.3, -0.25) is 0 Å². The molecule has 0 fully saturated rings. The van der Waals surface area contributed by atoms with E-state index in [1.165, 1.54) is 77.1 Å². The second-order valence-corrected chi connectivity index (χ2v) is 13.7. The van der Waals surface area contributed by atoms with E-state index in [4.69, 9.17) is 0 Å². The first-order valence-electron chi connectivity index (χ1n) is 18.1. The van der Waals surface area contributed by atoms with Crippen LogP contribution in [-0.2, 0) is 12.0 Å². The number of benzene rings is 8. The molecule has 0 saturated heterocycles. The zero-order valence-corrected chi connectivity index (χ0v) is 28.7. The molecule has 0 aliphatic rings. The van der Waals surface area contributed by atoms with E-state index in [9.17, 15) is 0 Å². The quantitative estimate of drug-likeness (QED) is 0.150. The van der Waals surface area contributed by atoms with Crippen LogP contribution in [-0.4, -0.2) is 9.13 Å². The van der Waals surface area contributed by atoms with Gasteiger partial charge in [0, 0.05) is 44.8 Å². The minimum atomic E-state index is -0.460. The monoisotopic (exact) mass is 664 g/mol. The highest BCUT2D eigenvalue weighted by atomic mass is 15.0. The van der Waals surface area contributed by atoms with Crippen molar-refractivity contribution in [2.75, 3.05) is 0 Å². The maximum atomic E-state index is 2.48. The van der Waals surface area contributed by atoms with Crippen molar-refractivity contribution in [1.82, 2.24) is 9.13 Å². The highest BCUT2D eigenvalue weighted by molar-refractivity contribution is 6.11. The first-order valence-corrected chi connectivity index (χ1v) is 18.1. The van der Waals surface area contributed by atoms with Gasteiger partial charge < -0.3 is 9.13 Å². The molecular formula is C50H36N2. The van der Waals surface area contributed by atoms with Crippen LogP contribution in [0.2, 0.25) is 0 Å². The van der Waals surface area contributed by atoms with Gasteiger partial charge in [0.1, 0.15) is 0 Å². The fourth-order valence-electron chi connectivity index (χ4n) is 8.66. The van der Waals surface area contributed by atoms with Crippen LogP contribution < -0.4 is 0 Å². The molecule has 246 valence electrons. The summed E-state index contributed by atoms with van der Waals surface area (Å²) in [5.74, 6) is 0. The molecule has 52 heavy (non-hydrogen) atoms. The Morgan fingerprint density at radius 3 is 1.25 bits per heavy atom. The van der Waals surface area contributed by atoms with E-state index < -0.39 is 5.41 Å². The Labute approximate surface area is 303 Å². The molecule has 0 spiro atoms. The summed E-state index contributed by atoms with van der Waals surface area (Å²) >= 11 is 0.